The van der Waals surface area contributed by atoms with Crippen LogP contribution in [-0.4, -0.2) is 27.9 Å². The second-order valence-corrected chi connectivity index (χ2v) is 10.9. The van der Waals surface area contributed by atoms with Gasteiger partial charge in [-0.3, -0.25) is 24.5 Å². The van der Waals surface area contributed by atoms with Gasteiger partial charge in [-0.2, -0.15) is 0 Å². The van der Waals surface area contributed by atoms with Crippen molar-refractivity contribution in [3.8, 4) is 0 Å². The van der Waals surface area contributed by atoms with E-state index in [-0.39, 0.29) is 17.3 Å². The van der Waals surface area contributed by atoms with Crippen LogP contribution in [0.4, 0.5) is 17.1 Å². The Morgan fingerprint density at radius 3 is 2.26 bits per heavy atom. The quantitative estimate of drug-likeness (QED) is 0.0756. The number of hydrogen-bond acceptors (Lipinski definition) is 6. The number of carbonyl (C=O) groups excluding carboxylic acids is 3. The number of anilines is 2. The van der Waals surface area contributed by atoms with Crippen LogP contribution >= 0.6 is 11.8 Å². The third-order valence-corrected chi connectivity index (χ3v) is 7.62. The molecule has 0 aromatic heterocycles. The van der Waals surface area contributed by atoms with Crippen LogP contribution in [0.1, 0.15) is 34.8 Å². The molecule has 4 rings (SSSR count). The fourth-order valence-electron chi connectivity index (χ4n) is 4.09. The van der Waals surface area contributed by atoms with E-state index in [2.05, 4.69) is 16.0 Å². The highest BCUT2D eigenvalue weighted by Crippen LogP contribution is 2.29. The number of amides is 3. The van der Waals surface area contributed by atoms with E-state index in [0.29, 0.717) is 23.4 Å². The summed E-state index contributed by atoms with van der Waals surface area (Å²) >= 11 is 1.33. The lowest BCUT2D eigenvalue weighted by molar-refractivity contribution is -0.384. The van der Waals surface area contributed by atoms with E-state index in [9.17, 15) is 24.5 Å². The van der Waals surface area contributed by atoms with Crippen LogP contribution in [0.25, 0.3) is 6.08 Å². The third-order valence-electron chi connectivity index (χ3n) is 6.26. The Balaban J connectivity index is 1.48. The number of carbonyl (C=O) groups is 3. The third kappa shape index (κ3) is 8.88. The fraction of sp³-hybridized carbons (Fsp3) is 0.121. The monoisotopic (exact) mass is 594 g/mol. The van der Waals surface area contributed by atoms with Crippen molar-refractivity contribution in [2.24, 2.45) is 0 Å². The van der Waals surface area contributed by atoms with Gasteiger partial charge in [0.1, 0.15) is 5.70 Å². The molecule has 4 aromatic carbocycles. The van der Waals surface area contributed by atoms with Gasteiger partial charge in [0.25, 0.3) is 17.5 Å². The zero-order valence-electron chi connectivity index (χ0n) is 23.6. The summed E-state index contributed by atoms with van der Waals surface area (Å²) in [7, 11) is 0. The number of nitro benzene ring substituents is 1. The van der Waals surface area contributed by atoms with E-state index in [1.54, 1.807) is 54.6 Å². The van der Waals surface area contributed by atoms with Crippen LogP contribution in [-0.2, 0) is 9.59 Å². The molecule has 4 aromatic rings. The molecule has 218 valence electrons. The smallest absolute Gasteiger partial charge is 0.272 e. The highest BCUT2D eigenvalue weighted by atomic mass is 32.2. The zero-order valence-corrected chi connectivity index (χ0v) is 24.4. The molecule has 9 nitrogen and oxygen atoms in total. The fourth-order valence-corrected chi connectivity index (χ4v) is 5.10. The number of hydrogen-bond donors (Lipinski definition) is 3. The molecule has 0 fully saturated rings. The van der Waals surface area contributed by atoms with Gasteiger partial charge < -0.3 is 16.0 Å². The molecule has 43 heavy (non-hydrogen) atoms. The number of thioether (sulfide) groups is 1. The average molecular weight is 595 g/mol. The maximum atomic E-state index is 13.4. The van der Waals surface area contributed by atoms with Crippen LogP contribution in [0.5, 0.6) is 0 Å². The van der Waals surface area contributed by atoms with Gasteiger partial charge in [0.2, 0.25) is 5.91 Å². The van der Waals surface area contributed by atoms with E-state index in [1.807, 2.05) is 44.2 Å². The first-order valence-corrected chi connectivity index (χ1v) is 14.4. The normalized spacial score (nSPS) is 11.7. The minimum absolute atomic E-state index is 0.0604. The number of aryl methyl sites for hydroxylation is 1. The number of benzene rings is 4. The topological polar surface area (TPSA) is 130 Å². The molecule has 0 aliphatic heterocycles. The number of nitrogens with one attached hydrogen (secondary N) is 3. The maximum absolute atomic E-state index is 13.4. The Morgan fingerprint density at radius 1 is 0.860 bits per heavy atom. The van der Waals surface area contributed by atoms with Crippen LogP contribution in [0.15, 0.2) is 114 Å². The zero-order chi connectivity index (χ0) is 30.8. The molecule has 0 radical (unpaired) electrons. The predicted octanol–water partition coefficient (Wildman–Crippen LogP) is 6.82. The van der Waals surface area contributed by atoms with Gasteiger partial charge in [0, 0.05) is 34.0 Å². The lowest BCUT2D eigenvalue weighted by Crippen LogP contribution is -2.30. The SMILES string of the molecule is CCC(Sc1cccc(NC(=O)/C(=C\c2cccc(C)c2)NC(=O)c2ccccc2)c1)C(=O)Nc1ccc([N+](=O)[O-])cc1. The van der Waals surface area contributed by atoms with Gasteiger partial charge in [0.05, 0.1) is 10.2 Å². The average Bonchev–Trinajstić information content (AvgIpc) is 3.00. The lowest BCUT2D eigenvalue weighted by atomic mass is 10.1. The molecular formula is C33H30N4O5S. The molecule has 10 heteroatoms. The van der Waals surface area contributed by atoms with Gasteiger partial charge >= 0.3 is 0 Å². The van der Waals surface area contributed by atoms with Crippen molar-refractivity contribution in [2.45, 2.75) is 30.4 Å². The maximum Gasteiger partial charge on any atom is 0.272 e. The first-order chi connectivity index (χ1) is 20.7. The largest absolute Gasteiger partial charge is 0.325 e. The van der Waals surface area contributed by atoms with Crippen molar-refractivity contribution in [3.63, 3.8) is 0 Å². The van der Waals surface area contributed by atoms with Crippen molar-refractivity contribution in [1.29, 1.82) is 0 Å². The Labute approximate surface area is 253 Å². The molecule has 0 spiro atoms. The van der Waals surface area contributed by atoms with E-state index in [0.717, 1.165) is 16.0 Å². The summed E-state index contributed by atoms with van der Waals surface area (Å²) in [5.74, 6) is -1.16. The van der Waals surface area contributed by atoms with Crippen molar-refractivity contribution in [1.82, 2.24) is 5.32 Å². The second kappa shape index (κ2) is 14.6. The molecule has 1 unspecified atom stereocenters. The Hall–Kier alpha value is -5.22. The first-order valence-electron chi connectivity index (χ1n) is 13.5. The number of nitrogens with zero attached hydrogens (tertiary/aromatic N) is 1. The Bertz CT molecular complexity index is 1660. The minimum Gasteiger partial charge on any atom is -0.325 e. The summed E-state index contributed by atoms with van der Waals surface area (Å²) in [4.78, 5) is 50.4. The molecule has 0 aliphatic carbocycles. The second-order valence-electron chi connectivity index (χ2n) is 9.58. The molecule has 0 saturated heterocycles. The number of non-ortho nitro benzene ring substituents is 1. The molecular weight excluding hydrogens is 564 g/mol. The van der Waals surface area contributed by atoms with Crippen LogP contribution in [0.3, 0.4) is 0 Å². The van der Waals surface area contributed by atoms with Crippen molar-refractivity contribution < 1.29 is 19.3 Å². The number of nitro groups is 1. The molecule has 0 heterocycles. The Kier molecular flexibility index (Phi) is 10.4. The first kappa shape index (κ1) is 30.7. The summed E-state index contributed by atoms with van der Waals surface area (Å²) in [6.07, 6.45) is 2.15. The highest BCUT2D eigenvalue weighted by Gasteiger charge is 2.20. The van der Waals surface area contributed by atoms with Gasteiger partial charge in [-0.25, -0.2) is 0 Å². The van der Waals surface area contributed by atoms with Crippen molar-refractivity contribution in [3.05, 3.63) is 136 Å². The standard InChI is InChI=1S/C33H30N4O5S/c1-3-30(33(40)34-25-15-17-27(18-16-25)37(41)42)43-28-14-8-13-26(21-28)35-32(39)29(20-23-10-7-9-22(2)19-23)36-31(38)24-11-5-4-6-12-24/h4-21,30H,3H2,1-2H3,(H,34,40)(H,35,39)(H,36,38)/b29-20+. The van der Waals surface area contributed by atoms with E-state index < -0.39 is 22.0 Å². The van der Waals surface area contributed by atoms with Crippen LogP contribution in [0.2, 0.25) is 0 Å². The highest BCUT2D eigenvalue weighted by molar-refractivity contribution is 8.00. The summed E-state index contributed by atoms with van der Waals surface area (Å²) in [6, 6.07) is 28.9. The van der Waals surface area contributed by atoms with Gasteiger partial charge in [-0.15, -0.1) is 11.8 Å². The predicted molar refractivity (Wildman–Crippen MR) is 170 cm³/mol. The van der Waals surface area contributed by atoms with Gasteiger partial charge in [-0.05, 0) is 67.4 Å². The molecule has 0 bridgehead atoms. The number of rotatable bonds is 11. The molecule has 0 aliphatic rings. The summed E-state index contributed by atoms with van der Waals surface area (Å²) < 4.78 is 0. The van der Waals surface area contributed by atoms with E-state index in [1.165, 1.54) is 36.0 Å². The van der Waals surface area contributed by atoms with Crippen LogP contribution < -0.4 is 16.0 Å². The van der Waals surface area contributed by atoms with Crippen molar-refractivity contribution in [2.75, 3.05) is 10.6 Å². The molecule has 3 N–H and O–H groups in total. The minimum atomic E-state index is -0.504. The summed E-state index contributed by atoms with van der Waals surface area (Å²) in [5, 5.41) is 18.8. The van der Waals surface area contributed by atoms with Gasteiger partial charge in [-0.1, -0.05) is 61.0 Å². The molecule has 3 amide bonds. The Morgan fingerprint density at radius 2 is 1.58 bits per heavy atom. The van der Waals surface area contributed by atoms with Gasteiger partial charge in [0.15, 0.2) is 0 Å². The summed E-state index contributed by atoms with van der Waals surface area (Å²) in [6.45, 7) is 3.83. The van der Waals surface area contributed by atoms with Crippen molar-refractivity contribution >= 4 is 52.6 Å². The molecule has 1 atom stereocenters. The lowest BCUT2D eigenvalue weighted by Gasteiger charge is -2.16. The van der Waals surface area contributed by atoms with E-state index >= 15 is 0 Å². The molecule has 0 saturated carbocycles. The van der Waals surface area contributed by atoms with Crippen LogP contribution in [0, 0.1) is 17.0 Å². The van der Waals surface area contributed by atoms with E-state index in [4.69, 9.17) is 0 Å². The summed E-state index contributed by atoms with van der Waals surface area (Å²) in [5.41, 5.74) is 3.15.